The summed E-state index contributed by atoms with van der Waals surface area (Å²) in [6, 6.07) is 0. The molecule has 0 unspecified atom stereocenters. The van der Waals surface area contributed by atoms with Gasteiger partial charge in [-0.3, -0.25) is 4.68 Å². The molecule has 5 nitrogen and oxygen atoms in total. The van der Waals surface area contributed by atoms with Gasteiger partial charge in [-0.15, -0.1) is 0 Å². The van der Waals surface area contributed by atoms with Crippen molar-refractivity contribution in [3.63, 3.8) is 0 Å². The molecule has 0 atom stereocenters. The second-order valence-electron chi connectivity index (χ2n) is 3.94. The highest BCUT2D eigenvalue weighted by atomic mass is 35.5. The molecule has 17 heavy (non-hydrogen) atoms. The van der Waals surface area contributed by atoms with E-state index in [1.54, 1.807) is 21.6 Å². The van der Waals surface area contributed by atoms with Gasteiger partial charge in [0.2, 0.25) is 0 Å². The molecule has 3 aromatic heterocycles. The molecule has 3 aromatic rings. The first-order chi connectivity index (χ1) is 8.15. The smallest absolute Gasteiger partial charge is 0.155 e. The van der Waals surface area contributed by atoms with Crippen molar-refractivity contribution in [2.24, 2.45) is 7.05 Å². The predicted octanol–water partition coefficient (Wildman–Crippen LogP) is 2.09. The van der Waals surface area contributed by atoms with Gasteiger partial charge in [0.15, 0.2) is 5.15 Å². The third-order valence-electron chi connectivity index (χ3n) is 2.64. The third kappa shape index (κ3) is 1.59. The lowest BCUT2D eigenvalue weighted by molar-refractivity contribution is 0.768. The van der Waals surface area contributed by atoms with E-state index in [0.717, 1.165) is 22.3 Å². The standard InChI is InChI=1S/C11H10ClN5/c1-7-3-14-17-6-9(15-11(12)10(7)17)8-4-13-16(2)5-8/h3-6H,1-2H3. The van der Waals surface area contributed by atoms with E-state index < -0.39 is 0 Å². The zero-order chi connectivity index (χ0) is 12.0. The van der Waals surface area contributed by atoms with Crippen LogP contribution < -0.4 is 0 Å². The van der Waals surface area contributed by atoms with E-state index in [2.05, 4.69) is 15.2 Å². The molecule has 0 amide bonds. The molecule has 0 bridgehead atoms. The maximum Gasteiger partial charge on any atom is 0.155 e. The molecule has 0 saturated heterocycles. The second-order valence-corrected chi connectivity index (χ2v) is 4.30. The number of fused-ring (bicyclic) bond motifs is 1. The van der Waals surface area contributed by atoms with Gasteiger partial charge >= 0.3 is 0 Å². The quantitative estimate of drug-likeness (QED) is 0.662. The van der Waals surface area contributed by atoms with Crippen molar-refractivity contribution in [2.75, 3.05) is 0 Å². The molecule has 0 fully saturated rings. The normalized spacial score (nSPS) is 11.2. The van der Waals surface area contributed by atoms with Crippen LogP contribution in [0.2, 0.25) is 5.15 Å². The SMILES string of the molecule is Cc1cnn2cc(-c3cnn(C)c3)nc(Cl)c12. The Morgan fingerprint density at radius 2 is 2.00 bits per heavy atom. The number of nitrogens with zero attached hydrogens (tertiary/aromatic N) is 5. The van der Waals surface area contributed by atoms with Crippen LogP contribution in [0.15, 0.2) is 24.8 Å². The lowest BCUT2D eigenvalue weighted by Gasteiger charge is -2.01. The monoisotopic (exact) mass is 247 g/mol. The Kier molecular flexibility index (Phi) is 2.16. The summed E-state index contributed by atoms with van der Waals surface area (Å²) >= 11 is 6.17. The van der Waals surface area contributed by atoms with E-state index in [1.165, 1.54) is 0 Å². The highest BCUT2D eigenvalue weighted by Gasteiger charge is 2.10. The summed E-state index contributed by atoms with van der Waals surface area (Å²) in [5.74, 6) is 0. The Hall–Kier alpha value is -1.88. The van der Waals surface area contributed by atoms with Crippen LogP contribution >= 0.6 is 11.6 Å². The molecule has 0 aliphatic heterocycles. The number of halogens is 1. The van der Waals surface area contributed by atoms with Gasteiger partial charge < -0.3 is 0 Å². The maximum absolute atomic E-state index is 6.17. The minimum Gasteiger partial charge on any atom is -0.275 e. The Bertz CT molecular complexity index is 697. The largest absolute Gasteiger partial charge is 0.275 e. The van der Waals surface area contributed by atoms with Gasteiger partial charge in [-0.25, -0.2) is 9.50 Å². The highest BCUT2D eigenvalue weighted by Crippen LogP contribution is 2.23. The van der Waals surface area contributed by atoms with Crippen molar-refractivity contribution in [3.8, 4) is 11.3 Å². The first kappa shape index (κ1) is 10.3. The number of aryl methyl sites for hydroxylation is 2. The van der Waals surface area contributed by atoms with E-state index in [1.807, 2.05) is 26.4 Å². The van der Waals surface area contributed by atoms with Crippen molar-refractivity contribution in [2.45, 2.75) is 6.92 Å². The van der Waals surface area contributed by atoms with Gasteiger partial charge in [0.05, 0.1) is 24.3 Å². The summed E-state index contributed by atoms with van der Waals surface area (Å²) in [5.41, 5.74) is 3.54. The van der Waals surface area contributed by atoms with Crippen LogP contribution in [0.3, 0.4) is 0 Å². The number of hydrogen-bond acceptors (Lipinski definition) is 3. The van der Waals surface area contributed by atoms with E-state index in [-0.39, 0.29) is 0 Å². The Morgan fingerprint density at radius 3 is 2.71 bits per heavy atom. The molecule has 6 heteroatoms. The van der Waals surface area contributed by atoms with E-state index in [0.29, 0.717) is 5.15 Å². The molecular weight excluding hydrogens is 238 g/mol. The van der Waals surface area contributed by atoms with Gasteiger partial charge in [-0.1, -0.05) is 11.6 Å². The van der Waals surface area contributed by atoms with Gasteiger partial charge in [0.25, 0.3) is 0 Å². The molecule has 0 saturated carbocycles. The zero-order valence-corrected chi connectivity index (χ0v) is 10.2. The summed E-state index contributed by atoms with van der Waals surface area (Å²) in [6.07, 6.45) is 7.27. The van der Waals surface area contributed by atoms with Crippen molar-refractivity contribution < 1.29 is 0 Å². The van der Waals surface area contributed by atoms with E-state index in [4.69, 9.17) is 11.6 Å². The molecule has 0 aliphatic rings. The maximum atomic E-state index is 6.17. The number of aromatic nitrogens is 5. The summed E-state index contributed by atoms with van der Waals surface area (Å²) in [7, 11) is 1.86. The van der Waals surface area contributed by atoms with Crippen molar-refractivity contribution >= 4 is 17.1 Å². The van der Waals surface area contributed by atoms with E-state index in [9.17, 15) is 0 Å². The van der Waals surface area contributed by atoms with Crippen LogP contribution in [0.4, 0.5) is 0 Å². The van der Waals surface area contributed by atoms with Gasteiger partial charge in [-0.2, -0.15) is 10.2 Å². The lowest BCUT2D eigenvalue weighted by atomic mass is 10.2. The first-order valence-electron chi connectivity index (χ1n) is 5.14. The fraction of sp³-hybridized carbons (Fsp3) is 0.182. The van der Waals surface area contributed by atoms with Crippen LogP contribution in [0.5, 0.6) is 0 Å². The lowest BCUT2D eigenvalue weighted by Crippen LogP contribution is -1.93. The molecule has 0 aromatic carbocycles. The van der Waals surface area contributed by atoms with Crippen molar-refractivity contribution in [1.82, 2.24) is 24.4 Å². The average Bonchev–Trinajstić information content (AvgIpc) is 2.86. The highest BCUT2D eigenvalue weighted by molar-refractivity contribution is 6.32. The number of rotatable bonds is 1. The van der Waals surface area contributed by atoms with Crippen molar-refractivity contribution in [3.05, 3.63) is 35.5 Å². The van der Waals surface area contributed by atoms with Crippen LogP contribution in [-0.2, 0) is 7.05 Å². The third-order valence-corrected chi connectivity index (χ3v) is 2.90. The summed E-state index contributed by atoms with van der Waals surface area (Å²) in [4.78, 5) is 4.37. The van der Waals surface area contributed by atoms with Gasteiger partial charge in [0, 0.05) is 18.8 Å². The Labute approximate surface area is 103 Å². The van der Waals surface area contributed by atoms with Crippen molar-refractivity contribution in [1.29, 1.82) is 0 Å². The van der Waals surface area contributed by atoms with Crippen LogP contribution in [0.25, 0.3) is 16.8 Å². The van der Waals surface area contributed by atoms with Crippen LogP contribution in [0, 0.1) is 6.92 Å². The van der Waals surface area contributed by atoms with Crippen LogP contribution in [0.1, 0.15) is 5.56 Å². The topological polar surface area (TPSA) is 48.0 Å². The molecular formula is C11H10ClN5. The fourth-order valence-electron chi connectivity index (χ4n) is 1.80. The number of hydrogen-bond donors (Lipinski definition) is 0. The van der Waals surface area contributed by atoms with Gasteiger partial charge in [0.1, 0.15) is 5.52 Å². The first-order valence-corrected chi connectivity index (χ1v) is 5.52. The van der Waals surface area contributed by atoms with E-state index >= 15 is 0 Å². The Morgan fingerprint density at radius 1 is 1.18 bits per heavy atom. The summed E-state index contributed by atoms with van der Waals surface area (Å²) < 4.78 is 3.47. The average molecular weight is 248 g/mol. The fourth-order valence-corrected chi connectivity index (χ4v) is 2.13. The molecule has 0 radical (unpaired) electrons. The summed E-state index contributed by atoms with van der Waals surface area (Å²) in [5, 5.41) is 8.81. The molecule has 86 valence electrons. The van der Waals surface area contributed by atoms with Gasteiger partial charge in [-0.05, 0) is 12.5 Å². The molecule has 0 aliphatic carbocycles. The molecule has 0 N–H and O–H groups in total. The Balaban J connectivity index is 2.25. The zero-order valence-electron chi connectivity index (χ0n) is 9.42. The minimum absolute atomic E-state index is 0.460. The minimum atomic E-state index is 0.460. The second kappa shape index (κ2) is 3.56. The molecule has 0 spiro atoms. The van der Waals surface area contributed by atoms with Crippen LogP contribution in [-0.4, -0.2) is 24.4 Å². The summed E-state index contributed by atoms with van der Waals surface area (Å²) in [6.45, 7) is 1.96. The predicted molar refractivity (Wildman–Crippen MR) is 64.9 cm³/mol. The molecule has 3 heterocycles. The molecule has 3 rings (SSSR count).